The third-order valence-electron chi connectivity index (χ3n) is 4.73. The number of benzene rings is 1. The molecule has 26 heavy (non-hydrogen) atoms. The minimum atomic E-state index is -4.76. The zero-order valence-electron chi connectivity index (χ0n) is 14.0. The molecule has 0 radical (unpaired) electrons. The molecule has 1 aromatic carbocycles. The Labute approximate surface area is 147 Å². The molecule has 1 saturated heterocycles. The van der Waals surface area contributed by atoms with Crippen LogP contribution in [0.4, 0.5) is 23.4 Å². The zero-order chi connectivity index (χ0) is 18.5. The van der Waals surface area contributed by atoms with E-state index in [4.69, 9.17) is 0 Å². The molecule has 2 aromatic heterocycles. The van der Waals surface area contributed by atoms with Crippen LogP contribution in [-0.4, -0.2) is 48.1 Å². The fourth-order valence-corrected chi connectivity index (χ4v) is 3.29. The Hall–Kier alpha value is -2.48. The lowest BCUT2D eigenvalue weighted by atomic mass is 10.0. The molecular formula is C18H16F4N4. The molecule has 0 bridgehead atoms. The van der Waals surface area contributed by atoms with Crippen LogP contribution in [0.25, 0.3) is 21.8 Å². The summed E-state index contributed by atoms with van der Waals surface area (Å²) in [6.07, 6.45) is -3.17. The van der Waals surface area contributed by atoms with Gasteiger partial charge in [0.1, 0.15) is 11.3 Å². The van der Waals surface area contributed by atoms with Crippen molar-refractivity contribution < 1.29 is 17.6 Å². The van der Waals surface area contributed by atoms with Crippen molar-refractivity contribution in [3.05, 3.63) is 41.8 Å². The Morgan fingerprint density at radius 1 is 1.04 bits per heavy atom. The van der Waals surface area contributed by atoms with E-state index in [0.717, 1.165) is 38.3 Å². The van der Waals surface area contributed by atoms with Crippen LogP contribution in [0.2, 0.25) is 0 Å². The molecule has 1 aliphatic rings. The Morgan fingerprint density at radius 2 is 1.77 bits per heavy atom. The number of rotatable bonds is 1. The van der Waals surface area contributed by atoms with Crippen LogP contribution in [0.1, 0.15) is 5.56 Å². The molecule has 1 aliphatic heterocycles. The summed E-state index contributed by atoms with van der Waals surface area (Å²) >= 11 is 0. The average molecular weight is 364 g/mol. The second-order valence-electron chi connectivity index (χ2n) is 6.47. The highest BCUT2D eigenvalue weighted by Crippen LogP contribution is 2.37. The number of aromatic nitrogens is 2. The normalized spacial score (nSPS) is 16.6. The summed E-state index contributed by atoms with van der Waals surface area (Å²) in [5.41, 5.74) is -0.557. The van der Waals surface area contributed by atoms with Crippen molar-refractivity contribution in [1.82, 2.24) is 14.9 Å². The summed E-state index contributed by atoms with van der Waals surface area (Å²) in [5.74, 6) is -0.731. The van der Waals surface area contributed by atoms with Gasteiger partial charge < -0.3 is 9.80 Å². The van der Waals surface area contributed by atoms with E-state index >= 15 is 0 Å². The summed E-state index contributed by atoms with van der Waals surface area (Å²) in [5, 5.41) is 0.789. The van der Waals surface area contributed by atoms with E-state index in [1.807, 2.05) is 11.9 Å². The molecule has 4 nitrogen and oxygen atoms in total. The number of alkyl halides is 3. The first-order valence-corrected chi connectivity index (χ1v) is 8.23. The second-order valence-corrected chi connectivity index (χ2v) is 6.47. The van der Waals surface area contributed by atoms with E-state index in [0.29, 0.717) is 16.7 Å². The molecular weight excluding hydrogens is 348 g/mol. The lowest BCUT2D eigenvalue weighted by Crippen LogP contribution is -2.45. The van der Waals surface area contributed by atoms with Gasteiger partial charge in [-0.2, -0.15) is 13.2 Å². The molecule has 3 aromatic rings. The largest absolute Gasteiger partial charge is 0.419 e. The third-order valence-corrected chi connectivity index (χ3v) is 4.73. The Bertz CT molecular complexity index is 978. The third kappa shape index (κ3) is 2.84. The maximum absolute atomic E-state index is 14.0. The molecule has 0 atom stereocenters. The van der Waals surface area contributed by atoms with Crippen LogP contribution in [0.15, 0.2) is 30.5 Å². The van der Waals surface area contributed by atoms with Gasteiger partial charge in [0, 0.05) is 49.2 Å². The van der Waals surface area contributed by atoms with Gasteiger partial charge in [-0.05, 0) is 19.2 Å². The van der Waals surface area contributed by atoms with E-state index in [9.17, 15) is 17.6 Å². The maximum atomic E-state index is 14.0. The topological polar surface area (TPSA) is 32.3 Å². The predicted octanol–water partition coefficient (Wildman–Crippen LogP) is 3.69. The fourth-order valence-electron chi connectivity index (χ4n) is 3.29. The minimum absolute atomic E-state index is 0.199. The van der Waals surface area contributed by atoms with Crippen molar-refractivity contribution >= 4 is 27.6 Å². The number of hydrogen-bond donors (Lipinski definition) is 0. The molecule has 0 spiro atoms. The number of likely N-dealkylation sites (N-methyl/N-ethyl adjacent to an activating group) is 1. The SMILES string of the molecule is CN1CCN(c2nc3cc(F)c(C(F)(F)F)cc3c3cccnc23)CC1. The standard InChI is InChI=1S/C18H16F4N4/c1-25-5-7-26(8-6-25)17-16-11(3-2-4-23-16)12-9-13(18(20,21)22)14(19)10-15(12)24-17/h2-4,9-10H,5-8H2,1H3. The van der Waals surface area contributed by atoms with Crippen LogP contribution >= 0.6 is 0 Å². The van der Waals surface area contributed by atoms with E-state index in [1.54, 1.807) is 18.3 Å². The van der Waals surface area contributed by atoms with Gasteiger partial charge in [-0.3, -0.25) is 4.98 Å². The van der Waals surface area contributed by atoms with Crippen LogP contribution in [0, 0.1) is 5.82 Å². The molecule has 4 rings (SSSR count). The number of piperazine rings is 1. The smallest absolute Gasteiger partial charge is 0.352 e. The summed E-state index contributed by atoms with van der Waals surface area (Å²) in [6.45, 7) is 3.14. The lowest BCUT2D eigenvalue weighted by molar-refractivity contribution is -0.139. The van der Waals surface area contributed by atoms with Crippen molar-refractivity contribution in [1.29, 1.82) is 0 Å². The summed E-state index contributed by atoms with van der Waals surface area (Å²) < 4.78 is 53.3. The molecule has 0 aliphatic carbocycles. The number of fused-ring (bicyclic) bond motifs is 3. The number of pyridine rings is 2. The monoisotopic (exact) mass is 364 g/mol. The van der Waals surface area contributed by atoms with Gasteiger partial charge in [-0.25, -0.2) is 9.37 Å². The fraction of sp³-hybridized carbons (Fsp3) is 0.333. The maximum Gasteiger partial charge on any atom is 0.419 e. The molecule has 0 amide bonds. The van der Waals surface area contributed by atoms with E-state index < -0.39 is 17.6 Å². The second kappa shape index (κ2) is 6.05. The minimum Gasteiger partial charge on any atom is -0.352 e. The summed E-state index contributed by atoms with van der Waals surface area (Å²) in [6, 6.07) is 5.05. The van der Waals surface area contributed by atoms with Gasteiger partial charge in [0.25, 0.3) is 0 Å². The number of nitrogens with zero attached hydrogens (tertiary/aromatic N) is 4. The lowest BCUT2D eigenvalue weighted by Gasteiger charge is -2.33. The molecule has 0 saturated carbocycles. The molecule has 136 valence electrons. The number of hydrogen-bond acceptors (Lipinski definition) is 4. The zero-order valence-corrected chi connectivity index (χ0v) is 14.0. The van der Waals surface area contributed by atoms with Crippen molar-refractivity contribution in [3.63, 3.8) is 0 Å². The first-order chi connectivity index (χ1) is 12.3. The van der Waals surface area contributed by atoms with Crippen molar-refractivity contribution in [2.45, 2.75) is 6.18 Å². The van der Waals surface area contributed by atoms with Crippen LogP contribution in [0.3, 0.4) is 0 Å². The van der Waals surface area contributed by atoms with Crippen molar-refractivity contribution in [3.8, 4) is 0 Å². The van der Waals surface area contributed by atoms with Crippen LogP contribution < -0.4 is 4.90 Å². The van der Waals surface area contributed by atoms with Gasteiger partial charge >= 0.3 is 6.18 Å². The highest BCUT2D eigenvalue weighted by Gasteiger charge is 2.35. The van der Waals surface area contributed by atoms with E-state index in [2.05, 4.69) is 14.9 Å². The Balaban J connectivity index is 1.97. The molecule has 3 heterocycles. The van der Waals surface area contributed by atoms with Gasteiger partial charge in [0.05, 0.1) is 11.1 Å². The molecule has 0 N–H and O–H groups in total. The van der Waals surface area contributed by atoms with Gasteiger partial charge in [0.15, 0.2) is 5.82 Å². The number of anilines is 1. The quantitative estimate of drug-likeness (QED) is 0.487. The van der Waals surface area contributed by atoms with Crippen molar-refractivity contribution in [2.75, 3.05) is 38.1 Å². The Morgan fingerprint density at radius 3 is 2.46 bits per heavy atom. The summed E-state index contributed by atoms with van der Waals surface area (Å²) in [4.78, 5) is 13.0. The first kappa shape index (κ1) is 17.0. The molecule has 8 heteroatoms. The van der Waals surface area contributed by atoms with E-state index in [1.165, 1.54) is 0 Å². The van der Waals surface area contributed by atoms with E-state index in [-0.39, 0.29) is 10.9 Å². The van der Waals surface area contributed by atoms with Gasteiger partial charge in [-0.15, -0.1) is 0 Å². The predicted molar refractivity (Wildman–Crippen MR) is 91.7 cm³/mol. The van der Waals surface area contributed by atoms with Crippen LogP contribution in [-0.2, 0) is 6.18 Å². The first-order valence-electron chi connectivity index (χ1n) is 8.23. The molecule has 1 fully saturated rings. The molecule has 0 unspecified atom stereocenters. The Kier molecular flexibility index (Phi) is 3.95. The van der Waals surface area contributed by atoms with Gasteiger partial charge in [-0.1, -0.05) is 6.07 Å². The summed E-state index contributed by atoms with van der Waals surface area (Å²) in [7, 11) is 2.02. The van der Waals surface area contributed by atoms with Crippen LogP contribution in [0.5, 0.6) is 0 Å². The number of halogens is 4. The van der Waals surface area contributed by atoms with Crippen molar-refractivity contribution in [2.24, 2.45) is 0 Å². The van der Waals surface area contributed by atoms with Gasteiger partial charge in [0.2, 0.25) is 0 Å². The highest BCUT2D eigenvalue weighted by molar-refractivity contribution is 6.08. The average Bonchev–Trinajstić information content (AvgIpc) is 2.60. The highest BCUT2D eigenvalue weighted by atomic mass is 19.4.